The Hall–Kier alpha value is -3.05. The van der Waals surface area contributed by atoms with Crippen LogP contribution in [-0.2, 0) is 5.60 Å². The molecule has 0 spiro atoms. The highest BCUT2D eigenvalue weighted by Gasteiger charge is 2.56. The number of Topliss-reactive ketones (excluding diaryl/α,β-unsaturated/α-hetero) is 1. The van der Waals surface area contributed by atoms with Gasteiger partial charge >= 0.3 is 0 Å². The van der Waals surface area contributed by atoms with Gasteiger partial charge < -0.3 is 14.2 Å². The predicted molar refractivity (Wildman–Crippen MR) is 110 cm³/mol. The number of hydrogen-bond acceptors (Lipinski definition) is 5. The van der Waals surface area contributed by atoms with Crippen molar-refractivity contribution in [2.45, 2.75) is 11.5 Å². The molecule has 142 valence electrons. The SMILES string of the molecule is C=CC(c1cccs1)[C@]1(c2ccccc2)Oc2cc(OC)cc(OC)c2C1=O. The number of carbonyl (C=O) groups is 1. The van der Waals surface area contributed by atoms with Crippen LogP contribution >= 0.6 is 11.3 Å². The molecule has 1 aromatic heterocycles. The lowest BCUT2D eigenvalue weighted by molar-refractivity contribution is 0.0491. The van der Waals surface area contributed by atoms with Gasteiger partial charge in [0, 0.05) is 22.6 Å². The molecule has 0 saturated carbocycles. The van der Waals surface area contributed by atoms with Crippen molar-refractivity contribution >= 4 is 17.1 Å². The van der Waals surface area contributed by atoms with E-state index in [-0.39, 0.29) is 11.7 Å². The van der Waals surface area contributed by atoms with Crippen LogP contribution in [0.5, 0.6) is 17.2 Å². The molecule has 4 rings (SSSR count). The molecule has 0 aliphatic carbocycles. The number of rotatable bonds is 6. The van der Waals surface area contributed by atoms with Gasteiger partial charge in [0.15, 0.2) is 0 Å². The molecule has 0 N–H and O–H groups in total. The number of benzene rings is 2. The summed E-state index contributed by atoms with van der Waals surface area (Å²) in [6, 6.07) is 17.0. The predicted octanol–water partition coefficient (Wildman–Crippen LogP) is 5.21. The van der Waals surface area contributed by atoms with Crippen molar-refractivity contribution in [3.63, 3.8) is 0 Å². The van der Waals surface area contributed by atoms with Gasteiger partial charge in [-0.2, -0.15) is 0 Å². The van der Waals surface area contributed by atoms with Crippen molar-refractivity contribution in [1.29, 1.82) is 0 Å². The zero-order valence-electron chi connectivity index (χ0n) is 15.7. The highest BCUT2D eigenvalue weighted by atomic mass is 32.1. The third-order valence-corrected chi connectivity index (χ3v) is 6.01. The van der Waals surface area contributed by atoms with Crippen LogP contribution in [0.15, 0.2) is 72.6 Å². The summed E-state index contributed by atoms with van der Waals surface area (Å²) in [4.78, 5) is 14.9. The molecule has 0 bridgehead atoms. The first kappa shape index (κ1) is 18.3. The summed E-state index contributed by atoms with van der Waals surface area (Å²) in [5.74, 6) is 0.954. The average molecular weight is 392 g/mol. The lowest BCUT2D eigenvalue weighted by atomic mass is 9.76. The van der Waals surface area contributed by atoms with Crippen LogP contribution in [0.1, 0.15) is 26.7 Å². The normalized spacial score (nSPS) is 18.9. The van der Waals surface area contributed by atoms with E-state index in [9.17, 15) is 4.79 Å². The van der Waals surface area contributed by atoms with Crippen LogP contribution in [0.2, 0.25) is 0 Å². The van der Waals surface area contributed by atoms with Gasteiger partial charge in [0.25, 0.3) is 0 Å². The Balaban J connectivity index is 1.98. The minimum absolute atomic E-state index is 0.147. The minimum atomic E-state index is -1.25. The van der Waals surface area contributed by atoms with Crippen LogP contribution in [0.4, 0.5) is 0 Å². The standard InChI is InChI=1S/C23H20O4S/c1-4-17(20-11-8-12-28-20)23(15-9-6-5-7-10-15)22(24)21-18(26-3)13-16(25-2)14-19(21)27-23/h4-14,17H,1H2,2-3H3/t17?,23-/m0/s1. The Morgan fingerprint density at radius 2 is 1.89 bits per heavy atom. The first-order chi connectivity index (χ1) is 13.7. The van der Waals surface area contributed by atoms with E-state index in [0.29, 0.717) is 22.8 Å². The molecule has 0 fully saturated rings. The molecule has 3 aromatic rings. The highest BCUT2D eigenvalue weighted by Crippen LogP contribution is 2.53. The molecule has 4 nitrogen and oxygen atoms in total. The fourth-order valence-corrected chi connectivity index (χ4v) is 4.65. The van der Waals surface area contributed by atoms with Gasteiger partial charge in [-0.25, -0.2) is 0 Å². The van der Waals surface area contributed by atoms with Crippen molar-refractivity contribution in [3.05, 3.63) is 88.6 Å². The summed E-state index contributed by atoms with van der Waals surface area (Å²) in [6.07, 6.45) is 1.78. The summed E-state index contributed by atoms with van der Waals surface area (Å²) >= 11 is 1.57. The Bertz CT molecular complexity index is 1010. The fourth-order valence-electron chi connectivity index (χ4n) is 3.77. The van der Waals surface area contributed by atoms with Crippen molar-refractivity contribution in [2.75, 3.05) is 14.2 Å². The third kappa shape index (κ3) is 2.62. The largest absolute Gasteiger partial charge is 0.496 e. The molecular formula is C23H20O4S. The van der Waals surface area contributed by atoms with Crippen LogP contribution in [-0.4, -0.2) is 20.0 Å². The second-order valence-electron chi connectivity index (χ2n) is 6.46. The number of methoxy groups -OCH3 is 2. The molecule has 28 heavy (non-hydrogen) atoms. The zero-order valence-corrected chi connectivity index (χ0v) is 16.5. The topological polar surface area (TPSA) is 44.8 Å². The van der Waals surface area contributed by atoms with Gasteiger partial charge in [0.1, 0.15) is 22.8 Å². The Morgan fingerprint density at radius 1 is 1.11 bits per heavy atom. The van der Waals surface area contributed by atoms with Crippen molar-refractivity contribution in [1.82, 2.24) is 0 Å². The van der Waals surface area contributed by atoms with E-state index in [1.807, 2.05) is 47.8 Å². The summed E-state index contributed by atoms with van der Waals surface area (Å²) in [5, 5.41) is 1.99. The van der Waals surface area contributed by atoms with E-state index in [0.717, 1.165) is 10.4 Å². The first-order valence-electron chi connectivity index (χ1n) is 8.87. The number of ketones is 1. The van der Waals surface area contributed by atoms with E-state index in [2.05, 4.69) is 6.58 Å². The van der Waals surface area contributed by atoms with E-state index >= 15 is 0 Å². The molecule has 5 heteroatoms. The summed E-state index contributed by atoms with van der Waals surface area (Å²) < 4.78 is 17.3. The lowest BCUT2D eigenvalue weighted by Crippen LogP contribution is -2.42. The van der Waals surface area contributed by atoms with Crippen LogP contribution in [0.3, 0.4) is 0 Å². The Morgan fingerprint density at radius 3 is 2.50 bits per heavy atom. The molecule has 0 amide bonds. The second kappa shape index (κ2) is 7.17. The van der Waals surface area contributed by atoms with Crippen LogP contribution in [0.25, 0.3) is 0 Å². The molecule has 1 aliphatic rings. The van der Waals surface area contributed by atoms with Gasteiger partial charge in [0.2, 0.25) is 11.4 Å². The summed E-state index contributed by atoms with van der Waals surface area (Å²) in [5.41, 5.74) is -0.0541. The Labute approximate surface area is 168 Å². The summed E-state index contributed by atoms with van der Waals surface area (Å²) in [6.45, 7) is 4.02. The minimum Gasteiger partial charge on any atom is -0.496 e. The lowest BCUT2D eigenvalue weighted by Gasteiger charge is -2.33. The quantitative estimate of drug-likeness (QED) is 0.541. The maximum Gasteiger partial charge on any atom is 0.219 e. The second-order valence-corrected chi connectivity index (χ2v) is 7.44. The zero-order chi connectivity index (χ0) is 19.7. The van der Waals surface area contributed by atoms with Gasteiger partial charge in [-0.3, -0.25) is 4.79 Å². The monoisotopic (exact) mass is 392 g/mol. The van der Waals surface area contributed by atoms with Crippen molar-refractivity contribution < 1.29 is 19.0 Å². The molecule has 1 unspecified atom stereocenters. The van der Waals surface area contributed by atoms with Gasteiger partial charge in [-0.1, -0.05) is 42.5 Å². The molecule has 1 aliphatic heterocycles. The maximum absolute atomic E-state index is 13.9. The molecule has 0 saturated heterocycles. The number of carbonyl (C=O) groups excluding carboxylic acids is 1. The average Bonchev–Trinajstić information content (AvgIpc) is 3.36. The molecule has 2 heterocycles. The van der Waals surface area contributed by atoms with E-state index in [1.165, 1.54) is 7.11 Å². The fraction of sp³-hybridized carbons (Fsp3) is 0.174. The highest BCUT2D eigenvalue weighted by molar-refractivity contribution is 7.10. The first-order valence-corrected chi connectivity index (χ1v) is 9.75. The molecule has 2 aromatic carbocycles. The Kier molecular flexibility index (Phi) is 4.69. The van der Waals surface area contributed by atoms with Crippen molar-refractivity contribution in [2.24, 2.45) is 0 Å². The molecule has 2 atom stereocenters. The number of fused-ring (bicyclic) bond motifs is 1. The van der Waals surface area contributed by atoms with E-state index in [4.69, 9.17) is 14.2 Å². The van der Waals surface area contributed by atoms with Gasteiger partial charge in [-0.15, -0.1) is 17.9 Å². The molecular weight excluding hydrogens is 372 g/mol. The van der Waals surface area contributed by atoms with Crippen LogP contribution < -0.4 is 14.2 Å². The number of ether oxygens (including phenoxy) is 3. The van der Waals surface area contributed by atoms with E-state index < -0.39 is 5.60 Å². The number of thiophene rings is 1. The number of hydrogen-bond donors (Lipinski definition) is 0. The van der Waals surface area contributed by atoms with E-state index in [1.54, 1.807) is 36.7 Å². The third-order valence-electron chi connectivity index (χ3n) is 5.06. The van der Waals surface area contributed by atoms with Crippen LogP contribution in [0, 0.1) is 0 Å². The van der Waals surface area contributed by atoms with Crippen molar-refractivity contribution in [3.8, 4) is 17.2 Å². The van der Waals surface area contributed by atoms with Gasteiger partial charge in [0.05, 0.1) is 20.1 Å². The van der Waals surface area contributed by atoms with Gasteiger partial charge in [-0.05, 0) is 11.4 Å². The molecule has 0 radical (unpaired) electrons. The summed E-state index contributed by atoms with van der Waals surface area (Å²) in [7, 11) is 3.11. The smallest absolute Gasteiger partial charge is 0.219 e. The maximum atomic E-state index is 13.9.